The molecule has 100 valence electrons. The van der Waals surface area contributed by atoms with Crippen molar-refractivity contribution in [3.63, 3.8) is 0 Å². The van der Waals surface area contributed by atoms with Crippen LogP contribution < -0.4 is 4.74 Å². The van der Waals surface area contributed by atoms with Crippen molar-refractivity contribution in [3.05, 3.63) is 52.9 Å². The van der Waals surface area contributed by atoms with E-state index in [4.69, 9.17) is 16.3 Å². The van der Waals surface area contributed by atoms with E-state index in [1.807, 2.05) is 0 Å². The molecule has 1 heterocycles. The lowest BCUT2D eigenvalue weighted by Crippen LogP contribution is -2.08. The van der Waals surface area contributed by atoms with Gasteiger partial charge in [0, 0.05) is 11.1 Å². The van der Waals surface area contributed by atoms with Crippen molar-refractivity contribution >= 4 is 11.6 Å². The van der Waals surface area contributed by atoms with Crippen LogP contribution in [-0.4, -0.2) is 4.98 Å². The normalized spacial score (nSPS) is 11.4. The van der Waals surface area contributed by atoms with Crippen LogP contribution in [-0.2, 0) is 6.18 Å². The van der Waals surface area contributed by atoms with Gasteiger partial charge in [-0.2, -0.15) is 13.2 Å². The van der Waals surface area contributed by atoms with Gasteiger partial charge in [0.2, 0.25) is 5.88 Å². The molecule has 7 heteroatoms. The van der Waals surface area contributed by atoms with Gasteiger partial charge in [0.05, 0.1) is 0 Å². The number of halogens is 5. The third kappa shape index (κ3) is 3.35. The Kier molecular flexibility index (Phi) is 3.61. The third-order valence-corrected chi connectivity index (χ3v) is 2.36. The third-order valence-electron chi connectivity index (χ3n) is 2.12. The predicted octanol–water partition coefficient (Wildman–Crippen LogP) is 4.69. The molecule has 0 spiro atoms. The van der Waals surface area contributed by atoms with Gasteiger partial charge in [-0.1, -0.05) is 17.7 Å². The van der Waals surface area contributed by atoms with E-state index in [2.05, 4.69) is 4.98 Å². The molecule has 0 N–H and O–H groups in total. The first-order valence-corrected chi connectivity index (χ1v) is 5.41. The van der Waals surface area contributed by atoms with Gasteiger partial charge in [-0.05, 0) is 24.3 Å². The smallest absolute Gasteiger partial charge is 0.433 e. The molecule has 0 aliphatic heterocycles. The standard InChI is InChI=1S/C12H6ClF4NO/c13-7-4-5-9(8(14)6-7)19-11-3-1-2-10(18-11)12(15,16)17/h1-6H. The van der Waals surface area contributed by atoms with E-state index >= 15 is 0 Å². The van der Waals surface area contributed by atoms with Gasteiger partial charge in [-0.15, -0.1) is 0 Å². The van der Waals surface area contributed by atoms with Crippen molar-refractivity contribution < 1.29 is 22.3 Å². The van der Waals surface area contributed by atoms with Crippen molar-refractivity contribution in [3.8, 4) is 11.6 Å². The van der Waals surface area contributed by atoms with Crippen LogP contribution in [0.5, 0.6) is 11.6 Å². The minimum Gasteiger partial charge on any atom is -0.436 e. The molecule has 0 aliphatic rings. The Bertz CT molecular complexity index is 601. The van der Waals surface area contributed by atoms with Crippen LogP contribution in [0.3, 0.4) is 0 Å². The molecule has 0 bridgehead atoms. The van der Waals surface area contributed by atoms with Gasteiger partial charge in [0.1, 0.15) is 5.69 Å². The average molecular weight is 292 g/mol. The van der Waals surface area contributed by atoms with Gasteiger partial charge < -0.3 is 4.74 Å². The van der Waals surface area contributed by atoms with E-state index in [0.29, 0.717) is 0 Å². The van der Waals surface area contributed by atoms with Crippen molar-refractivity contribution in [2.75, 3.05) is 0 Å². The number of aromatic nitrogens is 1. The number of pyridine rings is 1. The molecule has 19 heavy (non-hydrogen) atoms. The highest BCUT2D eigenvalue weighted by molar-refractivity contribution is 6.30. The second kappa shape index (κ2) is 5.05. The lowest BCUT2D eigenvalue weighted by molar-refractivity contribution is -0.141. The molecule has 2 rings (SSSR count). The molecule has 0 amide bonds. The summed E-state index contributed by atoms with van der Waals surface area (Å²) in [5.41, 5.74) is -1.11. The SMILES string of the molecule is Fc1cc(Cl)ccc1Oc1cccc(C(F)(F)F)n1. The summed E-state index contributed by atoms with van der Waals surface area (Å²) in [6.45, 7) is 0. The monoisotopic (exact) mass is 291 g/mol. The summed E-state index contributed by atoms with van der Waals surface area (Å²) in [5.74, 6) is -1.39. The van der Waals surface area contributed by atoms with Gasteiger partial charge in [0.15, 0.2) is 11.6 Å². The number of rotatable bonds is 2. The van der Waals surface area contributed by atoms with Crippen LogP contribution >= 0.6 is 11.6 Å². The Morgan fingerprint density at radius 1 is 1.11 bits per heavy atom. The van der Waals surface area contributed by atoms with E-state index < -0.39 is 17.7 Å². The van der Waals surface area contributed by atoms with Gasteiger partial charge in [-0.25, -0.2) is 9.37 Å². The molecular weight excluding hydrogens is 286 g/mol. The lowest BCUT2D eigenvalue weighted by Gasteiger charge is -2.09. The quantitative estimate of drug-likeness (QED) is 0.749. The molecule has 0 saturated heterocycles. The van der Waals surface area contributed by atoms with E-state index in [-0.39, 0.29) is 16.7 Å². The van der Waals surface area contributed by atoms with Gasteiger partial charge >= 0.3 is 6.18 Å². The molecule has 1 aromatic heterocycles. The molecular formula is C12H6ClF4NO. The summed E-state index contributed by atoms with van der Waals surface area (Å²) < 4.78 is 55.7. The van der Waals surface area contributed by atoms with Crippen molar-refractivity contribution in [1.82, 2.24) is 4.98 Å². The zero-order chi connectivity index (χ0) is 14.0. The van der Waals surface area contributed by atoms with Gasteiger partial charge in [0.25, 0.3) is 0 Å². The Hall–Kier alpha value is -1.82. The first kappa shape index (κ1) is 13.6. The maximum Gasteiger partial charge on any atom is 0.433 e. The van der Waals surface area contributed by atoms with Crippen molar-refractivity contribution in [1.29, 1.82) is 0 Å². The number of ether oxygens (including phenoxy) is 1. The van der Waals surface area contributed by atoms with Gasteiger partial charge in [-0.3, -0.25) is 0 Å². The number of hydrogen-bond donors (Lipinski definition) is 0. The summed E-state index contributed by atoms with van der Waals surface area (Å²) in [4.78, 5) is 3.26. The first-order valence-electron chi connectivity index (χ1n) is 5.03. The van der Waals surface area contributed by atoms with Crippen LogP contribution in [0.15, 0.2) is 36.4 Å². The summed E-state index contributed by atoms with van der Waals surface area (Å²) in [7, 11) is 0. The highest BCUT2D eigenvalue weighted by Crippen LogP contribution is 2.30. The Morgan fingerprint density at radius 2 is 1.84 bits per heavy atom. The highest BCUT2D eigenvalue weighted by atomic mass is 35.5. The summed E-state index contributed by atoms with van der Waals surface area (Å²) >= 11 is 5.55. The van der Waals surface area contributed by atoms with Crippen LogP contribution in [0.1, 0.15) is 5.69 Å². The van der Waals surface area contributed by atoms with Crippen molar-refractivity contribution in [2.45, 2.75) is 6.18 Å². The van der Waals surface area contributed by atoms with Crippen LogP contribution in [0.4, 0.5) is 17.6 Å². The van der Waals surface area contributed by atoms with Crippen LogP contribution in [0, 0.1) is 5.82 Å². The minimum absolute atomic E-state index is 0.154. The number of hydrogen-bond acceptors (Lipinski definition) is 2. The molecule has 0 radical (unpaired) electrons. The molecule has 0 atom stereocenters. The minimum atomic E-state index is -4.59. The summed E-state index contributed by atoms with van der Waals surface area (Å²) in [6.07, 6.45) is -4.59. The second-order valence-electron chi connectivity index (χ2n) is 3.54. The maximum absolute atomic E-state index is 13.4. The van der Waals surface area contributed by atoms with E-state index in [1.54, 1.807) is 0 Å². The van der Waals surface area contributed by atoms with E-state index in [0.717, 1.165) is 18.2 Å². The molecule has 0 aliphatic carbocycles. The lowest BCUT2D eigenvalue weighted by atomic mass is 10.3. The van der Waals surface area contributed by atoms with E-state index in [9.17, 15) is 17.6 Å². The van der Waals surface area contributed by atoms with Crippen LogP contribution in [0.25, 0.3) is 0 Å². The fraction of sp³-hybridized carbons (Fsp3) is 0.0833. The molecule has 0 fully saturated rings. The molecule has 1 aromatic carbocycles. The zero-order valence-electron chi connectivity index (χ0n) is 9.21. The summed E-state index contributed by atoms with van der Waals surface area (Å²) in [6, 6.07) is 6.67. The second-order valence-corrected chi connectivity index (χ2v) is 3.97. The average Bonchev–Trinajstić information content (AvgIpc) is 2.32. The Labute approximate surface area is 110 Å². The van der Waals surface area contributed by atoms with Crippen LogP contribution in [0.2, 0.25) is 5.02 Å². The zero-order valence-corrected chi connectivity index (χ0v) is 9.97. The van der Waals surface area contributed by atoms with E-state index in [1.165, 1.54) is 18.2 Å². The predicted molar refractivity (Wildman–Crippen MR) is 60.7 cm³/mol. The maximum atomic E-state index is 13.4. The topological polar surface area (TPSA) is 22.1 Å². The van der Waals surface area contributed by atoms with Crippen molar-refractivity contribution in [2.24, 2.45) is 0 Å². The molecule has 2 aromatic rings. The summed E-state index contributed by atoms with van der Waals surface area (Å²) in [5, 5.41) is 0.154. The first-order chi connectivity index (χ1) is 8.86. The number of nitrogens with zero attached hydrogens (tertiary/aromatic N) is 1. The Morgan fingerprint density at radius 3 is 2.47 bits per heavy atom. The number of alkyl halides is 3. The fourth-order valence-electron chi connectivity index (χ4n) is 1.30. The Balaban J connectivity index is 2.29. The highest BCUT2D eigenvalue weighted by Gasteiger charge is 2.32. The molecule has 0 unspecified atom stereocenters. The molecule has 2 nitrogen and oxygen atoms in total. The number of benzene rings is 1. The fourth-order valence-corrected chi connectivity index (χ4v) is 1.46. The molecule has 0 saturated carbocycles. The largest absolute Gasteiger partial charge is 0.436 e.